The molecule has 2 amide bonds. The Labute approximate surface area is 186 Å². The monoisotopic (exact) mass is 436 g/mol. The molecule has 6 nitrogen and oxygen atoms in total. The lowest BCUT2D eigenvalue weighted by Gasteiger charge is -2.13. The minimum atomic E-state index is -0.287. The van der Waals surface area contributed by atoms with Gasteiger partial charge in [-0.25, -0.2) is 0 Å². The van der Waals surface area contributed by atoms with Crippen molar-refractivity contribution in [3.8, 4) is 11.5 Å². The summed E-state index contributed by atoms with van der Waals surface area (Å²) in [7, 11) is 3.09. The SMILES string of the molecule is COc1ccc(NC(=O)c2ccccc2SCC(=O)Nc2ccc(C)cc2)c(OC)c1. The average molecular weight is 437 g/mol. The third-order valence-electron chi connectivity index (χ3n) is 4.48. The average Bonchev–Trinajstić information content (AvgIpc) is 2.79. The highest BCUT2D eigenvalue weighted by Crippen LogP contribution is 2.30. The Morgan fingerprint density at radius 1 is 0.903 bits per heavy atom. The van der Waals surface area contributed by atoms with Crippen LogP contribution in [0.1, 0.15) is 15.9 Å². The zero-order chi connectivity index (χ0) is 22.2. The Bertz CT molecular complexity index is 1070. The number of rotatable bonds is 8. The number of ether oxygens (including phenoxy) is 2. The molecule has 0 aromatic heterocycles. The Kier molecular flexibility index (Phi) is 7.56. The summed E-state index contributed by atoms with van der Waals surface area (Å²) in [5.41, 5.74) is 2.88. The number of carbonyl (C=O) groups excluding carboxylic acids is 2. The van der Waals surface area contributed by atoms with E-state index >= 15 is 0 Å². The Balaban J connectivity index is 1.67. The summed E-state index contributed by atoms with van der Waals surface area (Å²) in [6.07, 6.45) is 0. The molecular formula is C24H24N2O4S. The predicted octanol–water partition coefficient (Wildman–Crippen LogP) is 5.00. The first-order valence-corrected chi connectivity index (χ1v) is 10.6. The molecule has 0 bridgehead atoms. The van der Waals surface area contributed by atoms with Crippen LogP contribution in [0.2, 0.25) is 0 Å². The highest BCUT2D eigenvalue weighted by Gasteiger charge is 2.15. The standard InChI is InChI=1S/C24H24N2O4S/c1-16-8-10-17(11-9-16)25-23(27)15-31-22-7-5-4-6-19(22)24(28)26-20-13-12-18(29-2)14-21(20)30-3/h4-14H,15H2,1-3H3,(H,25,27)(H,26,28). The first kappa shape index (κ1) is 22.2. The number of hydrogen-bond acceptors (Lipinski definition) is 5. The van der Waals surface area contributed by atoms with Crippen LogP contribution in [0.5, 0.6) is 11.5 Å². The van der Waals surface area contributed by atoms with Gasteiger partial charge in [-0.15, -0.1) is 11.8 Å². The second kappa shape index (κ2) is 10.5. The van der Waals surface area contributed by atoms with Gasteiger partial charge < -0.3 is 20.1 Å². The summed E-state index contributed by atoms with van der Waals surface area (Å²) >= 11 is 1.31. The van der Waals surface area contributed by atoms with Gasteiger partial charge in [0.05, 0.1) is 31.2 Å². The van der Waals surface area contributed by atoms with E-state index in [-0.39, 0.29) is 17.6 Å². The molecule has 0 unspecified atom stereocenters. The fourth-order valence-corrected chi connectivity index (χ4v) is 3.70. The van der Waals surface area contributed by atoms with E-state index in [1.807, 2.05) is 43.3 Å². The first-order chi connectivity index (χ1) is 15.0. The van der Waals surface area contributed by atoms with E-state index < -0.39 is 0 Å². The summed E-state index contributed by atoms with van der Waals surface area (Å²) in [6.45, 7) is 1.99. The Morgan fingerprint density at radius 2 is 1.65 bits per heavy atom. The highest BCUT2D eigenvalue weighted by molar-refractivity contribution is 8.00. The molecule has 0 atom stereocenters. The van der Waals surface area contributed by atoms with Gasteiger partial charge in [0, 0.05) is 16.6 Å². The van der Waals surface area contributed by atoms with Gasteiger partial charge in [0.15, 0.2) is 0 Å². The molecule has 3 aromatic carbocycles. The number of carbonyl (C=O) groups is 2. The van der Waals surface area contributed by atoms with Crippen molar-refractivity contribution in [2.24, 2.45) is 0 Å². The lowest BCUT2D eigenvalue weighted by atomic mass is 10.2. The number of benzene rings is 3. The molecule has 3 rings (SSSR count). The van der Waals surface area contributed by atoms with Crippen molar-refractivity contribution in [3.63, 3.8) is 0 Å². The van der Waals surface area contributed by atoms with E-state index in [1.165, 1.54) is 18.9 Å². The van der Waals surface area contributed by atoms with Crippen LogP contribution in [0.4, 0.5) is 11.4 Å². The van der Waals surface area contributed by atoms with Crippen molar-refractivity contribution in [1.82, 2.24) is 0 Å². The third kappa shape index (κ3) is 6.02. The van der Waals surface area contributed by atoms with Crippen molar-refractivity contribution in [3.05, 3.63) is 77.9 Å². The van der Waals surface area contributed by atoms with Crippen LogP contribution in [0.3, 0.4) is 0 Å². The van der Waals surface area contributed by atoms with E-state index in [2.05, 4.69) is 10.6 Å². The van der Waals surface area contributed by atoms with Crippen molar-refractivity contribution in [1.29, 1.82) is 0 Å². The van der Waals surface area contributed by atoms with E-state index in [4.69, 9.17) is 9.47 Å². The molecule has 0 aliphatic rings. The van der Waals surface area contributed by atoms with Crippen LogP contribution >= 0.6 is 11.8 Å². The van der Waals surface area contributed by atoms with Crippen LogP contribution in [0.25, 0.3) is 0 Å². The fourth-order valence-electron chi connectivity index (χ4n) is 2.85. The summed E-state index contributed by atoms with van der Waals surface area (Å²) in [6, 6.07) is 20.0. The molecular weight excluding hydrogens is 412 g/mol. The van der Waals surface area contributed by atoms with Gasteiger partial charge in [0.25, 0.3) is 5.91 Å². The molecule has 0 saturated heterocycles. The van der Waals surface area contributed by atoms with E-state index in [9.17, 15) is 9.59 Å². The maximum Gasteiger partial charge on any atom is 0.256 e. The number of nitrogens with one attached hydrogen (secondary N) is 2. The quantitative estimate of drug-likeness (QED) is 0.486. The molecule has 31 heavy (non-hydrogen) atoms. The minimum absolute atomic E-state index is 0.138. The smallest absolute Gasteiger partial charge is 0.256 e. The van der Waals surface area contributed by atoms with Crippen molar-refractivity contribution in [2.45, 2.75) is 11.8 Å². The number of thioether (sulfide) groups is 1. The summed E-state index contributed by atoms with van der Waals surface area (Å²) < 4.78 is 10.5. The molecule has 7 heteroatoms. The third-order valence-corrected chi connectivity index (χ3v) is 5.56. The zero-order valence-corrected chi connectivity index (χ0v) is 18.4. The number of aryl methyl sites for hydroxylation is 1. The van der Waals surface area contributed by atoms with E-state index in [1.54, 1.807) is 37.4 Å². The number of anilines is 2. The summed E-state index contributed by atoms with van der Waals surface area (Å²) in [4.78, 5) is 26.0. The normalized spacial score (nSPS) is 10.3. The van der Waals surface area contributed by atoms with Gasteiger partial charge in [-0.1, -0.05) is 29.8 Å². The molecule has 160 valence electrons. The predicted molar refractivity (Wildman–Crippen MR) is 124 cm³/mol. The van der Waals surface area contributed by atoms with Crippen LogP contribution in [-0.4, -0.2) is 31.8 Å². The zero-order valence-electron chi connectivity index (χ0n) is 17.6. The second-order valence-corrected chi connectivity index (χ2v) is 7.74. The van der Waals surface area contributed by atoms with Gasteiger partial charge >= 0.3 is 0 Å². The fraction of sp³-hybridized carbons (Fsp3) is 0.167. The minimum Gasteiger partial charge on any atom is -0.497 e. The Morgan fingerprint density at radius 3 is 2.35 bits per heavy atom. The largest absolute Gasteiger partial charge is 0.497 e. The van der Waals surface area contributed by atoms with Crippen LogP contribution in [0.15, 0.2) is 71.6 Å². The van der Waals surface area contributed by atoms with Crippen molar-refractivity contribution in [2.75, 3.05) is 30.6 Å². The number of methoxy groups -OCH3 is 2. The summed E-state index contributed by atoms with van der Waals surface area (Å²) in [5, 5.41) is 5.73. The number of hydrogen-bond donors (Lipinski definition) is 2. The van der Waals surface area contributed by atoms with Gasteiger partial charge in [0.1, 0.15) is 11.5 Å². The molecule has 0 saturated carbocycles. The molecule has 0 fully saturated rings. The van der Waals surface area contributed by atoms with Gasteiger partial charge in [-0.3, -0.25) is 9.59 Å². The topological polar surface area (TPSA) is 76.7 Å². The first-order valence-electron chi connectivity index (χ1n) is 9.62. The molecule has 0 aliphatic heterocycles. The van der Waals surface area contributed by atoms with Crippen LogP contribution < -0.4 is 20.1 Å². The lowest BCUT2D eigenvalue weighted by Crippen LogP contribution is -2.16. The van der Waals surface area contributed by atoms with E-state index in [0.717, 1.165) is 11.3 Å². The lowest BCUT2D eigenvalue weighted by molar-refractivity contribution is -0.113. The van der Waals surface area contributed by atoms with Crippen molar-refractivity contribution >= 4 is 35.0 Å². The van der Waals surface area contributed by atoms with Gasteiger partial charge in [-0.2, -0.15) is 0 Å². The second-order valence-electron chi connectivity index (χ2n) is 6.72. The van der Waals surface area contributed by atoms with Gasteiger partial charge in [0.2, 0.25) is 5.91 Å². The maximum absolute atomic E-state index is 12.9. The van der Waals surface area contributed by atoms with E-state index in [0.29, 0.717) is 27.6 Å². The molecule has 0 radical (unpaired) electrons. The van der Waals surface area contributed by atoms with Crippen LogP contribution in [-0.2, 0) is 4.79 Å². The summed E-state index contributed by atoms with van der Waals surface area (Å²) in [5.74, 6) is 0.886. The number of amides is 2. The molecule has 0 spiro atoms. The highest BCUT2D eigenvalue weighted by atomic mass is 32.2. The Hall–Kier alpha value is -3.45. The van der Waals surface area contributed by atoms with Crippen molar-refractivity contribution < 1.29 is 19.1 Å². The molecule has 2 N–H and O–H groups in total. The molecule has 3 aromatic rings. The molecule has 0 heterocycles. The maximum atomic E-state index is 12.9. The van der Waals surface area contributed by atoms with Crippen LogP contribution in [0, 0.1) is 6.92 Å². The molecule has 0 aliphatic carbocycles. The van der Waals surface area contributed by atoms with Gasteiger partial charge in [-0.05, 0) is 43.3 Å².